The molecule has 0 saturated heterocycles. The lowest BCUT2D eigenvalue weighted by atomic mass is 10.0. The Balaban J connectivity index is 2.03. The summed E-state index contributed by atoms with van der Waals surface area (Å²) in [6.07, 6.45) is -2.82. The van der Waals surface area contributed by atoms with E-state index < -0.39 is 17.6 Å². The second-order valence-electron chi connectivity index (χ2n) is 5.05. The molecular formula is C17H12F3NO2. The van der Waals surface area contributed by atoms with Crippen LogP contribution >= 0.6 is 0 Å². The number of anilines is 1. The molecule has 1 N–H and O–H groups in total. The zero-order valence-electron chi connectivity index (χ0n) is 12.1. The van der Waals surface area contributed by atoms with Gasteiger partial charge in [0.1, 0.15) is 5.75 Å². The predicted molar refractivity (Wildman–Crippen MR) is 80.9 cm³/mol. The fourth-order valence-corrected chi connectivity index (χ4v) is 2.41. The molecule has 0 unspecified atom stereocenters. The smallest absolute Gasteiger partial charge is 0.416 e. The third kappa shape index (κ3) is 2.92. The molecule has 3 rings (SSSR count). The number of carbonyl (C=O) groups excluding carboxylic acids is 1. The number of amides is 1. The monoisotopic (exact) mass is 319 g/mol. The molecule has 1 aliphatic rings. The van der Waals surface area contributed by atoms with Gasteiger partial charge in [-0.3, -0.25) is 4.79 Å². The molecule has 0 bridgehead atoms. The Bertz CT molecular complexity index is 810. The number of rotatable bonds is 2. The van der Waals surface area contributed by atoms with E-state index in [2.05, 4.69) is 5.32 Å². The first-order chi connectivity index (χ1) is 10.9. The molecule has 0 fully saturated rings. The van der Waals surface area contributed by atoms with Gasteiger partial charge in [0, 0.05) is 16.8 Å². The molecule has 1 amide bonds. The number of methoxy groups -OCH3 is 1. The van der Waals surface area contributed by atoms with Gasteiger partial charge in [-0.1, -0.05) is 18.2 Å². The fourth-order valence-electron chi connectivity index (χ4n) is 2.41. The van der Waals surface area contributed by atoms with Crippen molar-refractivity contribution in [2.75, 3.05) is 12.4 Å². The highest BCUT2D eigenvalue weighted by atomic mass is 19.4. The molecule has 6 heteroatoms. The number of fused-ring (bicyclic) bond motifs is 1. The SMILES string of the molecule is COc1cccc(/C=C2\C(=O)Nc3cc(C(F)(F)F)ccc32)c1. The van der Waals surface area contributed by atoms with Crippen LogP contribution < -0.4 is 10.1 Å². The largest absolute Gasteiger partial charge is 0.497 e. The van der Waals surface area contributed by atoms with Gasteiger partial charge in [0.15, 0.2) is 0 Å². The lowest BCUT2D eigenvalue weighted by Crippen LogP contribution is -2.06. The molecule has 0 aliphatic carbocycles. The van der Waals surface area contributed by atoms with Crippen molar-refractivity contribution in [1.29, 1.82) is 0 Å². The summed E-state index contributed by atoms with van der Waals surface area (Å²) >= 11 is 0. The van der Waals surface area contributed by atoms with Gasteiger partial charge in [0.25, 0.3) is 5.91 Å². The van der Waals surface area contributed by atoms with Crippen molar-refractivity contribution in [3.05, 3.63) is 59.2 Å². The Morgan fingerprint density at radius 3 is 2.61 bits per heavy atom. The third-order valence-corrected chi connectivity index (χ3v) is 3.53. The highest BCUT2D eigenvalue weighted by Crippen LogP contribution is 2.38. The predicted octanol–water partition coefficient (Wildman–Crippen LogP) is 4.21. The number of hydrogen-bond acceptors (Lipinski definition) is 2. The minimum atomic E-state index is -4.45. The molecule has 1 heterocycles. The average molecular weight is 319 g/mol. The minimum Gasteiger partial charge on any atom is -0.497 e. The molecule has 2 aromatic carbocycles. The van der Waals surface area contributed by atoms with Crippen molar-refractivity contribution in [3.8, 4) is 5.75 Å². The summed E-state index contributed by atoms with van der Waals surface area (Å²) in [7, 11) is 1.53. The van der Waals surface area contributed by atoms with Crippen LogP contribution in [0, 0.1) is 0 Å². The maximum atomic E-state index is 12.7. The maximum absolute atomic E-state index is 12.7. The maximum Gasteiger partial charge on any atom is 0.416 e. The zero-order valence-corrected chi connectivity index (χ0v) is 12.1. The van der Waals surface area contributed by atoms with Crippen LogP contribution in [0.1, 0.15) is 16.7 Å². The summed E-state index contributed by atoms with van der Waals surface area (Å²) in [6.45, 7) is 0. The van der Waals surface area contributed by atoms with Gasteiger partial charge >= 0.3 is 6.18 Å². The topological polar surface area (TPSA) is 38.3 Å². The summed E-state index contributed by atoms with van der Waals surface area (Å²) in [5.41, 5.74) is 0.869. The van der Waals surface area contributed by atoms with Crippen molar-refractivity contribution < 1.29 is 22.7 Å². The molecule has 23 heavy (non-hydrogen) atoms. The van der Waals surface area contributed by atoms with E-state index in [4.69, 9.17) is 4.74 Å². The molecule has 118 valence electrons. The highest BCUT2D eigenvalue weighted by molar-refractivity contribution is 6.34. The van der Waals surface area contributed by atoms with Crippen LogP contribution in [0.3, 0.4) is 0 Å². The van der Waals surface area contributed by atoms with Crippen LogP contribution in [0.25, 0.3) is 11.6 Å². The summed E-state index contributed by atoms with van der Waals surface area (Å²) < 4.78 is 43.3. The first-order valence-electron chi connectivity index (χ1n) is 6.77. The standard InChI is InChI=1S/C17H12F3NO2/c1-23-12-4-2-3-10(7-12)8-14-13-6-5-11(17(18,19)20)9-15(13)21-16(14)22/h2-9H,1H3,(H,21,22)/b14-8-. The number of carbonyl (C=O) groups is 1. The van der Waals surface area contributed by atoms with Crippen molar-refractivity contribution >= 4 is 23.2 Å². The number of halogens is 3. The van der Waals surface area contributed by atoms with Crippen LogP contribution in [0.5, 0.6) is 5.75 Å². The fraction of sp³-hybridized carbons (Fsp3) is 0.118. The van der Waals surface area contributed by atoms with E-state index in [1.165, 1.54) is 13.2 Å². The summed E-state index contributed by atoms with van der Waals surface area (Å²) in [4.78, 5) is 12.1. The van der Waals surface area contributed by atoms with Crippen molar-refractivity contribution in [1.82, 2.24) is 0 Å². The Morgan fingerprint density at radius 1 is 1.13 bits per heavy atom. The Hall–Kier alpha value is -2.76. The number of ether oxygens (including phenoxy) is 1. The van der Waals surface area contributed by atoms with E-state index in [9.17, 15) is 18.0 Å². The Labute approximate surface area is 130 Å². The van der Waals surface area contributed by atoms with Gasteiger partial charge in [-0.25, -0.2) is 0 Å². The minimum absolute atomic E-state index is 0.166. The van der Waals surface area contributed by atoms with Gasteiger partial charge < -0.3 is 10.1 Å². The summed E-state index contributed by atoms with van der Waals surface area (Å²) in [5, 5.41) is 2.47. The van der Waals surface area contributed by atoms with Crippen LogP contribution in [-0.2, 0) is 11.0 Å². The quantitative estimate of drug-likeness (QED) is 0.842. The lowest BCUT2D eigenvalue weighted by Gasteiger charge is -2.08. The number of benzene rings is 2. The van der Waals surface area contributed by atoms with Crippen molar-refractivity contribution in [2.24, 2.45) is 0 Å². The first kappa shape index (κ1) is 15.1. The van der Waals surface area contributed by atoms with Crippen LogP contribution in [0.4, 0.5) is 18.9 Å². The van der Waals surface area contributed by atoms with Gasteiger partial charge in [-0.15, -0.1) is 0 Å². The van der Waals surface area contributed by atoms with Gasteiger partial charge in [-0.05, 0) is 35.9 Å². The zero-order chi connectivity index (χ0) is 16.6. The van der Waals surface area contributed by atoms with Gasteiger partial charge in [-0.2, -0.15) is 13.2 Å². The molecule has 1 aliphatic heterocycles. The van der Waals surface area contributed by atoms with E-state index in [1.54, 1.807) is 30.3 Å². The van der Waals surface area contributed by atoms with Crippen LogP contribution in [0.2, 0.25) is 0 Å². The average Bonchev–Trinajstić information content (AvgIpc) is 2.82. The second kappa shape index (κ2) is 5.46. The molecule has 0 atom stereocenters. The second-order valence-corrected chi connectivity index (χ2v) is 5.05. The highest BCUT2D eigenvalue weighted by Gasteiger charge is 2.33. The van der Waals surface area contributed by atoms with E-state index in [0.29, 0.717) is 16.9 Å². The Morgan fingerprint density at radius 2 is 1.91 bits per heavy atom. The van der Waals surface area contributed by atoms with E-state index >= 15 is 0 Å². The number of hydrogen-bond donors (Lipinski definition) is 1. The van der Waals surface area contributed by atoms with Crippen LogP contribution in [-0.4, -0.2) is 13.0 Å². The normalized spacial score (nSPS) is 15.5. The van der Waals surface area contributed by atoms with Gasteiger partial charge in [0.05, 0.1) is 12.7 Å². The molecule has 0 radical (unpaired) electrons. The number of alkyl halides is 3. The molecule has 0 saturated carbocycles. The molecule has 0 spiro atoms. The summed E-state index contributed by atoms with van der Waals surface area (Å²) in [5.74, 6) is 0.201. The molecule has 2 aromatic rings. The number of nitrogens with one attached hydrogen (secondary N) is 1. The Kier molecular flexibility index (Phi) is 3.60. The first-order valence-corrected chi connectivity index (χ1v) is 6.77. The van der Waals surface area contributed by atoms with E-state index in [-0.39, 0.29) is 5.69 Å². The van der Waals surface area contributed by atoms with Crippen molar-refractivity contribution in [2.45, 2.75) is 6.18 Å². The molecule has 0 aromatic heterocycles. The van der Waals surface area contributed by atoms with Crippen molar-refractivity contribution in [3.63, 3.8) is 0 Å². The van der Waals surface area contributed by atoms with E-state index in [0.717, 1.165) is 17.7 Å². The third-order valence-electron chi connectivity index (χ3n) is 3.53. The molecular weight excluding hydrogens is 307 g/mol. The molecule has 3 nitrogen and oxygen atoms in total. The van der Waals surface area contributed by atoms with E-state index in [1.807, 2.05) is 0 Å². The lowest BCUT2D eigenvalue weighted by molar-refractivity contribution is -0.137. The van der Waals surface area contributed by atoms with Crippen LogP contribution in [0.15, 0.2) is 42.5 Å². The summed E-state index contributed by atoms with van der Waals surface area (Å²) in [6, 6.07) is 10.3. The van der Waals surface area contributed by atoms with Gasteiger partial charge in [0.2, 0.25) is 0 Å².